The average Bonchev–Trinajstić information content (AvgIpc) is 2.68. The van der Waals surface area contributed by atoms with Gasteiger partial charge in [0, 0.05) is 44.4 Å². The molecule has 1 atom stereocenters. The number of nitrogens with zero attached hydrogens (tertiary/aromatic N) is 2. The fourth-order valence-electron chi connectivity index (χ4n) is 2.41. The topological polar surface area (TPSA) is 83.7 Å². The van der Waals surface area contributed by atoms with E-state index in [1.807, 2.05) is 43.3 Å². The molecular weight excluding hydrogens is 278 g/mol. The number of sulfonamides is 1. The minimum Gasteiger partial charge on any atom is -0.378 e. The van der Waals surface area contributed by atoms with Gasteiger partial charge in [0.1, 0.15) is 0 Å². The van der Waals surface area contributed by atoms with Gasteiger partial charge in [-0.2, -0.15) is 0 Å². The minimum atomic E-state index is -3.55. The number of anilines is 2. The number of nitrogens with two attached hydrogens (primary N) is 1. The van der Waals surface area contributed by atoms with Crippen molar-refractivity contribution in [3.8, 4) is 0 Å². The van der Waals surface area contributed by atoms with Gasteiger partial charge in [-0.05, 0) is 18.2 Å². The first-order valence-electron chi connectivity index (χ1n) is 6.34. The molecule has 1 aromatic rings. The van der Waals surface area contributed by atoms with Gasteiger partial charge in [-0.3, -0.25) is 4.79 Å². The van der Waals surface area contributed by atoms with E-state index in [2.05, 4.69) is 0 Å². The summed E-state index contributed by atoms with van der Waals surface area (Å²) in [6, 6.07) is 7.60. The molecule has 7 heteroatoms. The Morgan fingerprint density at radius 1 is 1.40 bits per heavy atom. The summed E-state index contributed by atoms with van der Waals surface area (Å²) >= 11 is 0. The van der Waals surface area contributed by atoms with Crippen LogP contribution >= 0.6 is 0 Å². The SMILES string of the molecule is CN(C)c1cccc(N2CC(CS(N)(=O)=O)CC2=O)c1. The van der Waals surface area contributed by atoms with Crippen molar-refractivity contribution < 1.29 is 13.2 Å². The van der Waals surface area contributed by atoms with Crippen LogP contribution in [0.15, 0.2) is 24.3 Å². The van der Waals surface area contributed by atoms with E-state index in [1.54, 1.807) is 4.90 Å². The van der Waals surface area contributed by atoms with Crippen LogP contribution in [0.2, 0.25) is 0 Å². The highest BCUT2D eigenvalue weighted by Gasteiger charge is 2.32. The summed E-state index contributed by atoms with van der Waals surface area (Å²) in [6.45, 7) is 0.395. The quantitative estimate of drug-likeness (QED) is 0.871. The molecule has 1 fully saturated rings. The molecule has 0 aromatic heterocycles. The van der Waals surface area contributed by atoms with E-state index in [9.17, 15) is 13.2 Å². The van der Waals surface area contributed by atoms with Gasteiger partial charge in [-0.15, -0.1) is 0 Å². The molecule has 1 aliphatic rings. The van der Waals surface area contributed by atoms with E-state index in [0.717, 1.165) is 11.4 Å². The van der Waals surface area contributed by atoms with Crippen molar-refractivity contribution in [3.63, 3.8) is 0 Å². The summed E-state index contributed by atoms with van der Waals surface area (Å²) in [5.41, 5.74) is 1.78. The fourth-order valence-corrected chi connectivity index (χ4v) is 3.29. The Morgan fingerprint density at radius 2 is 2.10 bits per heavy atom. The first kappa shape index (κ1) is 14.8. The molecule has 20 heavy (non-hydrogen) atoms. The zero-order chi connectivity index (χ0) is 14.9. The Balaban J connectivity index is 2.17. The van der Waals surface area contributed by atoms with Crippen LogP contribution in [0.3, 0.4) is 0 Å². The van der Waals surface area contributed by atoms with Crippen molar-refractivity contribution in [1.29, 1.82) is 0 Å². The van der Waals surface area contributed by atoms with E-state index >= 15 is 0 Å². The Hall–Kier alpha value is -1.60. The van der Waals surface area contributed by atoms with E-state index in [1.165, 1.54) is 0 Å². The van der Waals surface area contributed by atoms with Gasteiger partial charge in [-0.25, -0.2) is 13.6 Å². The van der Waals surface area contributed by atoms with E-state index < -0.39 is 10.0 Å². The number of primary sulfonamides is 1. The molecule has 1 aromatic carbocycles. The lowest BCUT2D eigenvalue weighted by Crippen LogP contribution is -2.27. The molecule has 1 aliphatic heterocycles. The molecular formula is C13H19N3O3S. The Bertz CT molecular complexity index is 613. The lowest BCUT2D eigenvalue weighted by molar-refractivity contribution is -0.117. The number of amides is 1. The van der Waals surface area contributed by atoms with Gasteiger partial charge >= 0.3 is 0 Å². The number of carbonyl (C=O) groups excluding carboxylic acids is 1. The molecule has 110 valence electrons. The summed E-state index contributed by atoms with van der Waals surface area (Å²) in [6.07, 6.45) is 0.225. The zero-order valence-electron chi connectivity index (χ0n) is 11.6. The number of hydrogen-bond donors (Lipinski definition) is 1. The molecule has 2 N–H and O–H groups in total. The molecule has 1 saturated heterocycles. The predicted molar refractivity (Wildman–Crippen MR) is 79.2 cm³/mol. The van der Waals surface area contributed by atoms with Gasteiger partial charge in [0.05, 0.1) is 5.75 Å². The fraction of sp³-hybridized carbons (Fsp3) is 0.462. The molecule has 0 radical (unpaired) electrons. The lowest BCUT2D eigenvalue weighted by atomic mass is 10.1. The predicted octanol–water partition coefficient (Wildman–Crippen LogP) is 0.394. The van der Waals surface area contributed by atoms with Crippen LogP contribution in [0, 0.1) is 5.92 Å². The van der Waals surface area contributed by atoms with Crippen LogP contribution in [-0.4, -0.2) is 40.7 Å². The molecule has 0 aliphatic carbocycles. The second-order valence-corrected chi connectivity index (χ2v) is 6.98. The summed E-state index contributed by atoms with van der Waals surface area (Å²) in [5, 5.41) is 5.04. The van der Waals surface area contributed by atoms with Crippen molar-refractivity contribution in [1.82, 2.24) is 0 Å². The van der Waals surface area contributed by atoms with E-state index in [0.29, 0.717) is 6.54 Å². The van der Waals surface area contributed by atoms with E-state index in [4.69, 9.17) is 5.14 Å². The third-order valence-electron chi connectivity index (χ3n) is 3.33. The summed E-state index contributed by atoms with van der Waals surface area (Å²) in [5.74, 6) is -0.446. The summed E-state index contributed by atoms with van der Waals surface area (Å²) < 4.78 is 22.2. The average molecular weight is 297 g/mol. The van der Waals surface area contributed by atoms with Gasteiger partial charge in [0.2, 0.25) is 15.9 Å². The van der Waals surface area contributed by atoms with Crippen LogP contribution in [0.25, 0.3) is 0 Å². The highest BCUT2D eigenvalue weighted by Crippen LogP contribution is 2.28. The molecule has 1 heterocycles. The van der Waals surface area contributed by atoms with Crippen LogP contribution in [0.5, 0.6) is 0 Å². The third-order valence-corrected chi connectivity index (χ3v) is 4.27. The molecule has 2 rings (SSSR count). The second-order valence-electron chi connectivity index (χ2n) is 5.32. The molecule has 1 amide bonds. The first-order chi connectivity index (χ1) is 9.26. The largest absolute Gasteiger partial charge is 0.378 e. The number of carbonyl (C=O) groups is 1. The number of hydrogen-bond acceptors (Lipinski definition) is 4. The Labute approximate surface area is 119 Å². The van der Waals surface area contributed by atoms with Crippen LogP contribution in [-0.2, 0) is 14.8 Å². The molecule has 0 bridgehead atoms. The standard InChI is InChI=1S/C13H19N3O3S/c1-15(2)11-4-3-5-12(7-11)16-8-10(6-13(16)17)9-20(14,18)19/h3-5,7,10H,6,8-9H2,1-2H3,(H2,14,18,19). The minimum absolute atomic E-state index is 0.0606. The highest BCUT2D eigenvalue weighted by atomic mass is 32.2. The summed E-state index contributed by atoms with van der Waals surface area (Å²) in [4.78, 5) is 15.6. The first-order valence-corrected chi connectivity index (χ1v) is 8.06. The van der Waals surface area contributed by atoms with Crippen molar-refractivity contribution in [3.05, 3.63) is 24.3 Å². The van der Waals surface area contributed by atoms with Gasteiger partial charge in [0.15, 0.2) is 0 Å². The lowest BCUT2D eigenvalue weighted by Gasteiger charge is -2.20. The van der Waals surface area contributed by atoms with E-state index in [-0.39, 0.29) is 24.0 Å². The zero-order valence-corrected chi connectivity index (χ0v) is 12.4. The third kappa shape index (κ3) is 3.49. The maximum atomic E-state index is 12.0. The molecule has 0 saturated carbocycles. The van der Waals surface area contributed by atoms with Crippen molar-refractivity contribution in [2.75, 3.05) is 36.2 Å². The number of rotatable bonds is 4. The highest BCUT2D eigenvalue weighted by molar-refractivity contribution is 7.89. The normalized spacial score (nSPS) is 19.4. The Kier molecular flexibility index (Phi) is 4.01. The monoisotopic (exact) mass is 297 g/mol. The van der Waals surface area contributed by atoms with Gasteiger partial charge in [-0.1, -0.05) is 6.07 Å². The maximum Gasteiger partial charge on any atom is 0.227 e. The van der Waals surface area contributed by atoms with Crippen LogP contribution in [0.4, 0.5) is 11.4 Å². The second kappa shape index (κ2) is 5.41. The summed E-state index contributed by atoms with van der Waals surface area (Å²) in [7, 11) is 0.305. The van der Waals surface area contributed by atoms with Crippen molar-refractivity contribution >= 4 is 27.3 Å². The Morgan fingerprint density at radius 3 is 2.70 bits per heavy atom. The molecule has 6 nitrogen and oxygen atoms in total. The van der Waals surface area contributed by atoms with Crippen molar-refractivity contribution in [2.45, 2.75) is 6.42 Å². The van der Waals surface area contributed by atoms with Crippen LogP contribution in [0.1, 0.15) is 6.42 Å². The van der Waals surface area contributed by atoms with Gasteiger partial charge < -0.3 is 9.80 Å². The molecule has 1 unspecified atom stereocenters. The smallest absolute Gasteiger partial charge is 0.227 e. The van der Waals surface area contributed by atoms with Crippen molar-refractivity contribution in [2.24, 2.45) is 11.1 Å². The molecule has 0 spiro atoms. The van der Waals surface area contributed by atoms with Gasteiger partial charge in [0.25, 0.3) is 0 Å². The number of benzene rings is 1. The maximum absolute atomic E-state index is 12.0. The van der Waals surface area contributed by atoms with Crippen LogP contribution < -0.4 is 14.9 Å².